The molecule has 4 nitrogen and oxygen atoms in total. The SMILES string of the molecule is CS(=O)(=O)c1ccc(/C(C=N)=C(/C=O)c2ccc(F)cc2)cc1. The van der Waals surface area contributed by atoms with Crippen LogP contribution in [0.2, 0.25) is 0 Å². The van der Waals surface area contributed by atoms with Crippen LogP contribution in [0.25, 0.3) is 11.1 Å². The Labute approximate surface area is 133 Å². The Bertz CT molecular complexity index is 867. The van der Waals surface area contributed by atoms with Crippen LogP contribution in [-0.2, 0) is 14.6 Å². The van der Waals surface area contributed by atoms with Crippen LogP contribution in [0.3, 0.4) is 0 Å². The van der Waals surface area contributed by atoms with E-state index in [4.69, 9.17) is 5.41 Å². The summed E-state index contributed by atoms with van der Waals surface area (Å²) in [5.41, 5.74) is 1.56. The largest absolute Gasteiger partial charge is 0.308 e. The molecule has 2 rings (SSSR count). The van der Waals surface area contributed by atoms with Crippen molar-refractivity contribution in [1.82, 2.24) is 0 Å². The molecule has 0 unspecified atom stereocenters. The van der Waals surface area contributed by atoms with Gasteiger partial charge in [-0.3, -0.25) is 4.79 Å². The van der Waals surface area contributed by atoms with Crippen molar-refractivity contribution in [2.24, 2.45) is 0 Å². The highest BCUT2D eigenvalue weighted by atomic mass is 32.2. The minimum Gasteiger partial charge on any atom is -0.308 e. The van der Waals surface area contributed by atoms with E-state index in [1.807, 2.05) is 0 Å². The zero-order chi connectivity index (χ0) is 17.0. The third kappa shape index (κ3) is 3.78. The van der Waals surface area contributed by atoms with Crippen molar-refractivity contribution in [3.8, 4) is 0 Å². The first kappa shape index (κ1) is 16.8. The number of carbonyl (C=O) groups is 1. The van der Waals surface area contributed by atoms with Crippen molar-refractivity contribution < 1.29 is 17.6 Å². The Morgan fingerprint density at radius 1 is 0.957 bits per heavy atom. The molecule has 0 aliphatic carbocycles. The van der Waals surface area contributed by atoms with Gasteiger partial charge in [-0.25, -0.2) is 12.8 Å². The highest BCUT2D eigenvalue weighted by Gasteiger charge is 2.12. The lowest BCUT2D eigenvalue weighted by Crippen LogP contribution is -1.99. The molecule has 0 fully saturated rings. The number of benzene rings is 2. The summed E-state index contributed by atoms with van der Waals surface area (Å²) in [5, 5.41) is 7.57. The van der Waals surface area contributed by atoms with Crippen molar-refractivity contribution in [3.63, 3.8) is 0 Å². The molecule has 2 aromatic rings. The molecule has 0 atom stereocenters. The van der Waals surface area contributed by atoms with E-state index >= 15 is 0 Å². The Hall–Kier alpha value is -2.60. The Morgan fingerprint density at radius 3 is 1.87 bits per heavy atom. The number of carbonyl (C=O) groups excluding carboxylic acids is 1. The van der Waals surface area contributed by atoms with Crippen LogP contribution >= 0.6 is 0 Å². The molecule has 0 aliphatic heterocycles. The highest BCUT2D eigenvalue weighted by Crippen LogP contribution is 2.25. The first-order chi connectivity index (χ1) is 10.9. The van der Waals surface area contributed by atoms with Crippen LogP contribution in [0.15, 0.2) is 53.4 Å². The maximum absolute atomic E-state index is 13.0. The number of aldehydes is 1. The number of rotatable bonds is 5. The second kappa shape index (κ2) is 6.66. The van der Waals surface area contributed by atoms with Crippen LogP contribution in [0.5, 0.6) is 0 Å². The van der Waals surface area contributed by atoms with Gasteiger partial charge < -0.3 is 5.41 Å². The summed E-state index contributed by atoms with van der Waals surface area (Å²) in [4.78, 5) is 11.6. The topological polar surface area (TPSA) is 75.1 Å². The maximum atomic E-state index is 13.0. The van der Waals surface area contributed by atoms with E-state index in [1.54, 1.807) is 0 Å². The summed E-state index contributed by atoms with van der Waals surface area (Å²) in [7, 11) is -3.32. The summed E-state index contributed by atoms with van der Waals surface area (Å²) in [6.07, 6.45) is 2.71. The second-order valence-corrected chi connectivity index (χ2v) is 6.91. The van der Waals surface area contributed by atoms with Crippen molar-refractivity contribution >= 4 is 33.5 Å². The van der Waals surface area contributed by atoms with Crippen molar-refractivity contribution in [2.45, 2.75) is 4.90 Å². The fourth-order valence-electron chi connectivity index (χ4n) is 2.11. The number of halogens is 1. The highest BCUT2D eigenvalue weighted by molar-refractivity contribution is 7.90. The van der Waals surface area contributed by atoms with E-state index < -0.39 is 15.7 Å². The van der Waals surface area contributed by atoms with Gasteiger partial charge in [-0.05, 0) is 35.4 Å². The summed E-state index contributed by atoms with van der Waals surface area (Å²) >= 11 is 0. The van der Waals surface area contributed by atoms with Crippen LogP contribution in [-0.4, -0.2) is 27.2 Å². The van der Waals surface area contributed by atoms with Crippen molar-refractivity contribution in [1.29, 1.82) is 5.41 Å². The quantitative estimate of drug-likeness (QED) is 0.396. The van der Waals surface area contributed by atoms with Gasteiger partial charge in [0.25, 0.3) is 0 Å². The van der Waals surface area contributed by atoms with Gasteiger partial charge in [0.05, 0.1) is 4.90 Å². The predicted molar refractivity (Wildman–Crippen MR) is 87.6 cm³/mol. The molecule has 0 aromatic heterocycles. The minimum absolute atomic E-state index is 0.153. The Balaban J connectivity index is 2.57. The standard InChI is InChI=1S/C17H14FNO3S/c1-23(21,22)15-8-4-12(5-9-15)16(10-19)17(11-20)13-2-6-14(18)7-3-13/h2-11,19H,1H3/b17-16-,19-10?. The average Bonchev–Trinajstić information content (AvgIpc) is 2.53. The monoisotopic (exact) mass is 331 g/mol. The molecule has 0 aliphatic rings. The smallest absolute Gasteiger partial charge is 0.175 e. The fourth-order valence-corrected chi connectivity index (χ4v) is 2.75. The van der Waals surface area contributed by atoms with E-state index in [1.165, 1.54) is 48.5 Å². The van der Waals surface area contributed by atoms with E-state index in [0.717, 1.165) is 12.5 Å². The second-order valence-electron chi connectivity index (χ2n) is 4.89. The molecule has 6 heteroatoms. The van der Waals surface area contributed by atoms with Crippen LogP contribution in [0.1, 0.15) is 11.1 Å². The number of sulfone groups is 1. The van der Waals surface area contributed by atoms with Gasteiger partial charge in [0.2, 0.25) is 0 Å². The van der Waals surface area contributed by atoms with Gasteiger partial charge >= 0.3 is 0 Å². The fraction of sp³-hybridized carbons (Fsp3) is 0.0588. The zero-order valence-corrected chi connectivity index (χ0v) is 13.1. The number of hydrogen-bond donors (Lipinski definition) is 1. The van der Waals surface area contributed by atoms with Crippen LogP contribution in [0.4, 0.5) is 4.39 Å². The molecule has 2 aromatic carbocycles. The van der Waals surface area contributed by atoms with Gasteiger partial charge in [-0.2, -0.15) is 0 Å². The van der Waals surface area contributed by atoms with E-state index in [9.17, 15) is 17.6 Å². The van der Waals surface area contributed by atoms with E-state index in [-0.39, 0.29) is 10.5 Å². The molecule has 0 radical (unpaired) electrons. The summed E-state index contributed by atoms with van der Waals surface area (Å²) in [5.74, 6) is -0.423. The van der Waals surface area contributed by atoms with Gasteiger partial charge in [0.15, 0.2) is 16.1 Å². The summed E-state index contributed by atoms with van der Waals surface area (Å²) in [6, 6.07) is 11.3. The van der Waals surface area contributed by atoms with Gasteiger partial charge in [-0.1, -0.05) is 24.3 Å². The van der Waals surface area contributed by atoms with Gasteiger partial charge in [-0.15, -0.1) is 0 Å². The van der Waals surface area contributed by atoms with Gasteiger partial charge in [0, 0.05) is 23.6 Å². The third-order valence-corrected chi connectivity index (χ3v) is 4.43. The maximum Gasteiger partial charge on any atom is 0.175 e. The number of hydrogen-bond acceptors (Lipinski definition) is 4. The normalized spacial score (nSPS) is 12.4. The van der Waals surface area contributed by atoms with Crippen LogP contribution < -0.4 is 0 Å². The van der Waals surface area contributed by atoms with Crippen molar-refractivity contribution in [3.05, 3.63) is 65.5 Å². The zero-order valence-electron chi connectivity index (χ0n) is 12.3. The molecule has 0 heterocycles. The lowest BCUT2D eigenvalue weighted by molar-refractivity contribution is -0.103. The van der Waals surface area contributed by atoms with Crippen LogP contribution in [0, 0.1) is 11.2 Å². The molecule has 0 amide bonds. The number of allylic oxidation sites excluding steroid dienone is 2. The summed E-state index contributed by atoms with van der Waals surface area (Å²) < 4.78 is 36.0. The summed E-state index contributed by atoms with van der Waals surface area (Å²) in [6.45, 7) is 0. The molecule has 0 bridgehead atoms. The molecular formula is C17H14FNO3S. The molecule has 0 spiro atoms. The molecule has 0 saturated carbocycles. The molecular weight excluding hydrogens is 317 g/mol. The molecule has 0 saturated heterocycles. The van der Waals surface area contributed by atoms with E-state index in [2.05, 4.69) is 0 Å². The lowest BCUT2D eigenvalue weighted by Gasteiger charge is -2.08. The third-order valence-electron chi connectivity index (χ3n) is 3.30. The molecule has 118 valence electrons. The van der Waals surface area contributed by atoms with Crippen molar-refractivity contribution in [2.75, 3.05) is 6.26 Å². The van der Waals surface area contributed by atoms with E-state index in [0.29, 0.717) is 23.0 Å². The average molecular weight is 331 g/mol. The first-order valence-corrected chi connectivity index (χ1v) is 8.52. The molecule has 1 N–H and O–H groups in total. The predicted octanol–water partition coefficient (Wildman–Crippen LogP) is 2.99. The Morgan fingerprint density at radius 2 is 1.43 bits per heavy atom. The minimum atomic E-state index is -3.32. The first-order valence-electron chi connectivity index (χ1n) is 6.63. The Kier molecular flexibility index (Phi) is 4.86. The molecule has 23 heavy (non-hydrogen) atoms. The number of nitrogens with one attached hydrogen (secondary N) is 1. The lowest BCUT2D eigenvalue weighted by atomic mass is 9.96. The van der Waals surface area contributed by atoms with Gasteiger partial charge in [0.1, 0.15) is 5.82 Å².